The Morgan fingerprint density at radius 2 is 2.33 bits per heavy atom. The summed E-state index contributed by atoms with van der Waals surface area (Å²) in [4.78, 5) is 13.8. The molecule has 1 heterocycles. The number of rotatable bonds is 4. The van der Waals surface area contributed by atoms with Gasteiger partial charge in [0.1, 0.15) is 6.26 Å². The van der Waals surface area contributed by atoms with Crippen molar-refractivity contribution in [3.8, 4) is 0 Å². The third-order valence-corrected chi connectivity index (χ3v) is 3.08. The fourth-order valence-corrected chi connectivity index (χ4v) is 2.13. The third-order valence-electron chi connectivity index (χ3n) is 2.17. The lowest BCUT2D eigenvalue weighted by atomic mass is 10.2. The Hall–Kier alpha value is -1.89. The van der Waals surface area contributed by atoms with Crippen molar-refractivity contribution in [1.29, 1.82) is 0 Å². The van der Waals surface area contributed by atoms with Gasteiger partial charge in [0.05, 0.1) is 10.6 Å². The van der Waals surface area contributed by atoms with Gasteiger partial charge >= 0.3 is 5.69 Å². The molecule has 0 N–H and O–H groups in total. The molecule has 0 unspecified atom stereocenters. The Labute approximate surface area is 106 Å². The summed E-state index contributed by atoms with van der Waals surface area (Å²) in [5.41, 5.74) is 0.891. The quantitative estimate of drug-likeness (QED) is 0.483. The summed E-state index contributed by atoms with van der Waals surface area (Å²) < 4.78 is 18.5. The van der Waals surface area contributed by atoms with Crippen molar-refractivity contribution in [2.45, 2.75) is 17.9 Å². The number of thioether (sulfide) groups is 1. The van der Waals surface area contributed by atoms with Crippen LogP contribution < -0.4 is 0 Å². The normalized spacial score (nSPS) is 10.6. The molecule has 94 valence electrons. The number of oxazole rings is 1. The summed E-state index contributed by atoms with van der Waals surface area (Å²) in [5.74, 6) is -0.392. The van der Waals surface area contributed by atoms with E-state index in [0.29, 0.717) is 16.5 Å². The molecule has 0 aliphatic rings. The lowest BCUT2D eigenvalue weighted by Crippen LogP contribution is -1.93. The molecule has 1 aromatic carbocycles. The van der Waals surface area contributed by atoms with Crippen LogP contribution in [0, 0.1) is 22.9 Å². The predicted octanol–water partition coefficient (Wildman–Crippen LogP) is 3.32. The molecular formula is C11H9FN2O3S. The first-order valence-corrected chi connectivity index (χ1v) is 6.02. The summed E-state index contributed by atoms with van der Waals surface area (Å²) in [7, 11) is 0. The predicted molar refractivity (Wildman–Crippen MR) is 63.9 cm³/mol. The smallest absolute Gasteiger partial charge is 0.304 e. The standard InChI is InChI=1S/C11H9FN2O3S/c1-7-5-17-11(13-7)18-6-8-2-3-10(14(15)16)9(12)4-8/h2-5H,6H2,1H3. The molecule has 0 aliphatic heterocycles. The summed E-state index contributed by atoms with van der Waals surface area (Å²) in [6.07, 6.45) is 1.53. The first-order valence-electron chi connectivity index (χ1n) is 5.04. The molecular weight excluding hydrogens is 259 g/mol. The minimum atomic E-state index is -0.832. The molecule has 7 heteroatoms. The first-order chi connectivity index (χ1) is 8.56. The second-order valence-electron chi connectivity index (χ2n) is 3.59. The van der Waals surface area contributed by atoms with E-state index in [1.54, 1.807) is 6.92 Å². The summed E-state index contributed by atoms with van der Waals surface area (Å²) >= 11 is 1.30. The monoisotopic (exact) mass is 268 g/mol. The van der Waals surface area contributed by atoms with Gasteiger partial charge in [0, 0.05) is 11.8 Å². The van der Waals surface area contributed by atoms with Crippen molar-refractivity contribution in [3.05, 3.63) is 51.7 Å². The maximum absolute atomic E-state index is 13.3. The van der Waals surface area contributed by atoms with E-state index < -0.39 is 16.4 Å². The molecule has 0 saturated carbocycles. The van der Waals surface area contributed by atoms with Crippen molar-refractivity contribution < 1.29 is 13.7 Å². The fourth-order valence-electron chi connectivity index (χ4n) is 1.33. The number of nitro benzene ring substituents is 1. The van der Waals surface area contributed by atoms with Gasteiger partial charge in [-0.15, -0.1) is 0 Å². The fraction of sp³-hybridized carbons (Fsp3) is 0.182. The van der Waals surface area contributed by atoms with Crippen LogP contribution in [-0.4, -0.2) is 9.91 Å². The van der Waals surface area contributed by atoms with Crippen molar-refractivity contribution in [2.75, 3.05) is 0 Å². The van der Waals surface area contributed by atoms with Crippen LogP contribution >= 0.6 is 11.8 Å². The van der Waals surface area contributed by atoms with E-state index in [-0.39, 0.29) is 0 Å². The topological polar surface area (TPSA) is 69.2 Å². The van der Waals surface area contributed by atoms with E-state index >= 15 is 0 Å². The number of halogens is 1. The molecule has 0 saturated heterocycles. The summed E-state index contributed by atoms with van der Waals surface area (Å²) in [5, 5.41) is 10.9. The highest BCUT2D eigenvalue weighted by Gasteiger charge is 2.14. The van der Waals surface area contributed by atoms with Crippen LogP contribution in [0.3, 0.4) is 0 Å². The van der Waals surface area contributed by atoms with Gasteiger partial charge in [-0.2, -0.15) is 4.39 Å². The van der Waals surface area contributed by atoms with E-state index in [1.807, 2.05) is 0 Å². The maximum atomic E-state index is 13.3. The zero-order valence-corrected chi connectivity index (χ0v) is 10.2. The average molecular weight is 268 g/mol. The van der Waals surface area contributed by atoms with Crippen LogP contribution in [0.2, 0.25) is 0 Å². The van der Waals surface area contributed by atoms with Gasteiger partial charge in [0.25, 0.3) is 5.22 Å². The Bertz CT molecular complexity index is 585. The molecule has 0 atom stereocenters. The van der Waals surface area contributed by atoms with Gasteiger partial charge in [0.2, 0.25) is 5.82 Å². The summed E-state index contributed by atoms with van der Waals surface area (Å²) in [6, 6.07) is 3.83. The van der Waals surface area contributed by atoms with Gasteiger partial charge in [-0.3, -0.25) is 10.1 Å². The number of hydrogen-bond acceptors (Lipinski definition) is 5. The summed E-state index contributed by atoms with van der Waals surface area (Å²) in [6.45, 7) is 1.80. The Kier molecular flexibility index (Phi) is 3.61. The molecule has 2 aromatic rings. The van der Waals surface area contributed by atoms with Crippen molar-refractivity contribution in [3.63, 3.8) is 0 Å². The van der Waals surface area contributed by atoms with Gasteiger partial charge in [0.15, 0.2) is 0 Å². The van der Waals surface area contributed by atoms with Gasteiger partial charge in [-0.1, -0.05) is 17.8 Å². The number of benzene rings is 1. The second kappa shape index (κ2) is 5.18. The van der Waals surface area contributed by atoms with Crippen molar-refractivity contribution in [1.82, 2.24) is 4.98 Å². The van der Waals surface area contributed by atoms with Crippen LogP contribution in [0.5, 0.6) is 0 Å². The molecule has 0 radical (unpaired) electrons. The minimum absolute atomic E-state index is 0.439. The SMILES string of the molecule is Cc1coc(SCc2ccc([N+](=O)[O-])c(F)c2)n1. The minimum Gasteiger partial charge on any atom is -0.440 e. The van der Waals surface area contributed by atoms with E-state index in [0.717, 1.165) is 17.8 Å². The zero-order chi connectivity index (χ0) is 13.1. The van der Waals surface area contributed by atoms with Crippen molar-refractivity contribution in [2.24, 2.45) is 0 Å². The zero-order valence-electron chi connectivity index (χ0n) is 9.42. The highest BCUT2D eigenvalue weighted by Crippen LogP contribution is 2.24. The van der Waals surface area contributed by atoms with Gasteiger partial charge < -0.3 is 4.42 Å². The third kappa shape index (κ3) is 2.86. The number of aromatic nitrogens is 1. The van der Waals surface area contributed by atoms with Crippen LogP contribution in [0.4, 0.5) is 10.1 Å². The van der Waals surface area contributed by atoms with Gasteiger partial charge in [-0.25, -0.2) is 4.98 Å². The molecule has 0 aliphatic carbocycles. The molecule has 0 fully saturated rings. The Balaban J connectivity index is 2.06. The lowest BCUT2D eigenvalue weighted by Gasteiger charge is -1.99. The molecule has 0 spiro atoms. The molecule has 5 nitrogen and oxygen atoms in total. The molecule has 1 aromatic heterocycles. The van der Waals surface area contributed by atoms with Crippen LogP contribution in [0.1, 0.15) is 11.3 Å². The highest BCUT2D eigenvalue weighted by molar-refractivity contribution is 7.98. The molecule has 2 rings (SSSR count). The Morgan fingerprint density at radius 3 is 2.89 bits per heavy atom. The first kappa shape index (κ1) is 12.6. The van der Waals surface area contributed by atoms with Crippen LogP contribution in [0.15, 0.2) is 34.1 Å². The molecule has 18 heavy (non-hydrogen) atoms. The van der Waals surface area contributed by atoms with Crippen molar-refractivity contribution >= 4 is 17.4 Å². The van der Waals surface area contributed by atoms with E-state index in [9.17, 15) is 14.5 Å². The van der Waals surface area contributed by atoms with Crippen LogP contribution in [-0.2, 0) is 5.75 Å². The maximum Gasteiger partial charge on any atom is 0.304 e. The van der Waals surface area contributed by atoms with E-state index in [4.69, 9.17) is 4.42 Å². The Morgan fingerprint density at radius 1 is 1.56 bits per heavy atom. The number of nitro groups is 1. The largest absolute Gasteiger partial charge is 0.440 e. The van der Waals surface area contributed by atoms with Gasteiger partial charge in [-0.05, 0) is 18.6 Å². The molecule has 0 bridgehead atoms. The highest BCUT2D eigenvalue weighted by atomic mass is 32.2. The number of hydrogen-bond donors (Lipinski definition) is 0. The number of nitrogens with zero attached hydrogens (tertiary/aromatic N) is 2. The second-order valence-corrected chi connectivity index (χ2v) is 4.51. The van der Waals surface area contributed by atoms with E-state index in [1.165, 1.54) is 24.1 Å². The number of aryl methyl sites for hydroxylation is 1. The van der Waals surface area contributed by atoms with E-state index in [2.05, 4.69) is 4.98 Å². The molecule has 0 amide bonds. The average Bonchev–Trinajstić information content (AvgIpc) is 2.72. The van der Waals surface area contributed by atoms with Crippen LogP contribution in [0.25, 0.3) is 0 Å². The lowest BCUT2D eigenvalue weighted by molar-refractivity contribution is -0.387.